The van der Waals surface area contributed by atoms with Gasteiger partial charge in [-0.25, -0.2) is 0 Å². The topological polar surface area (TPSA) is 40.7 Å². The van der Waals surface area contributed by atoms with Crippen LogP contribution in [0.2, 0.25) is 0 Å². The Morgan fingerprint density at radius 3 is 2.33 bits per heavy atom. The summed E-state index contributed by atoms with van der Waals surface area (Å²) in [5, 5.41) is 1.36. The van der Waals surface area contributed by atoms with Crippen molar-refractivity contribution in [3.05, 3.63) is 69.4 Å². The first-order valence-electron chi connectivity index (χ1n) is 14.9. The Labute approximate surface area is 243 Å². The molecular formula is C34H43N3O2S. The molecule has 0 unspecified atom stereocenters. The van der Waals surface area contributed by atoms with E-state index in [1.165, 1.54) is 89.3 Å². The first-order valence-corrected chi connectivity index (χ1v) is 15.8. The number of methoxy groups -OCH3 is 2. The van der Waals surface area contributed by atoms with E-state index in [1.54, 1.807) is 14.2 Å². The fourth-order valence-corrected chi connectivity index (χ4v) is 7.89. The number of aromatic amines is 1. The van der Waals surface area contributed by atoms with E-state index in [4.69, 9.17) is 9.47 Å². The van der Waals surface area contributed by atoms with Gasteiger partial charge < -0.3 is 19.4 Å². The highest BCUT2D eigenvalue weighted by Gasteiger charge is 2.29. The number of fused-ring (bicyclic) bond motifs is 1. The summed E-state index contributed by atoms with van der Waals surface area (Å²) in [6.45, 7) is 10.5. The van der Waals surface area contributed by atoms with E-state index in [1.807, 2.05) is 17.4 Å². The number of rotatable bonds is 8. The molecule has 2 fully saturated rings. The fourth-order valence-electron chi connectivity index (χ4n) is 6.96. The number of aromatic nitrogens is 1. The first kappa shape index (κ1) is 27.4. The van der Waals surface area contributed by atoms with Gasteiger partial charge in [0, 0.05) is 57.6 Å². The van der Waals surface area contributed by atoms with Crippen molar-refractivity contribution in [3.8, 4) is 22.8 Å². The van der Waals surface area contributed by atoms with Crippen molar-refractivity contribution < 1.29 is 9.47 Å². The summed E-state index contributed by atoms with van der Waals surface area (Å²) in [6, 6.07) is 18.6. The van der Waals surface area contributed by atoms with Crippen LogP contribution >= 0.6 is 11.3 Å². The second-order valence-corrected chi connectivity index (χ2v) is 12.9. The van der Waals surface area contributed by atoms with E-state index in [-0.39, 0.29) is 0 Å². The number of hydrogen-bond acceptors (Lipinski definition) is 5. The summed E-state index contributed by atoms with van der Waals surface area (Å²) in [6.07, 6.45) is 6.12. The minimum atomic E-state index is 0.645. The fraction of sp³-hybridized carbons (Fsp3) is 0.471. The number of aryl methyl sites for hydroxylation is 2. The van der Waals surface area contributed by atoms with Crippen molar-refractivity contribution in [1.82, 2.24) is 14.8 Å². The lowest BCUT2D eigenvalue weighted by Crippen LogP contribution is -2.47. The van der Waals surface area contributed by atoms with Crippen molar-refractivity contribution >= 4 is 22.2 Å². The number of nitrogens with one attached hydrogen (secondary N) is 1. The second kappa shape index (κ2) is 12.0. The van der Waals surface area contributed by atoms with Gasteiger partial charge >= 0.3 is 0 Å². The number of H-pyrrole nitrogens is 1. The Hall–Kier alpha value is -2.80. The minimum Gasteiger partial charge on any atom is -0.493 e. The van der Waals surface area contributed by atoms with E-state index >= 15 is 0 Å². The number of likely N-dealkylation sites (tertiary alicyclic amines) is 2. The molecule has 2 aromatic heterocycles. The Bertz CT molecular complexity index is 1440. The average Bonchev–Trinajstić information content (AvgIpc) is 3.59. The van der Waals surface area contributed by atoms with Crippen LogP contribution in [-0.2, 0) is 13.0 Å². The van der Waals surface area contributed by atoms with Gasteiger partial charge in [-0.3, -0.25) is 4.90 Å². The first-order chi connectivity index (χ1) is 19.6. The molecule has 4 heterocycles. The Morgan fingerprint density at radius 2 is 1.65 bits per heavy atom. The van der Waals surface area contributed by atoms with E-state index in [2.05, 4.69) is 71.1 Å². The zero-order valence-corrected chi connectivity index (χ0v) is 25.3. The van der Waals surface area contributed by atoms with Crippen LogP contribution in [-0.4, -0.2) is 61.2 Å². The van der Waals surface area contributed by atoms with Gasteiger partial charge in [0.25, 0.3) is 0 Å². The molecule has 6 heteroatoms. The second-order valence-electron chi connectivity index (χ2n) is 11.5. The van der Waals surface area contributed by atoms with Gasteiger partial charge in [-0.05, 0) is 112 Å². The molecule has 0 amide bonds. The normalized spacial score (nSPS) is 18.0. The third-order valence-corrected chi connectivity index (χ3v) is 10.2. The molecule has 2 saturated heterocycles. The highest BCUT2D eigenvalue weighted by Crippen LogP contribution is 2.38. The molecule has 4 aromatic rings. The van der Waals surface area contributed by atoms with E-state index in [0.717, 1.165) is 36.1 Å². The van der Waals surface area contributed by atoms with E-state index in [9.17, 15) is 0 Å². The Kier molecular flexibility index (Phi) is 8.20. The van der Waals surface area contributed by atoms with Crippen LogP contribution in [0.15, 0.2) is 48.5 Å². The number of hydrogen-bond donors (Lipinski definition) is 1. The molecule has 1 N–H and O–H groups in total. The van der Waals surface area contributed by atoms with Gasteiger partial charge in [0.2, 0.25) is 0 Å². The van der Waals surface area contributed by atoms with Crippen molar-refractivity contribution in [2.24, 2.45) is 0 Å². The summed E-state index contributed by atoms with van der Waals surface area (Å²) in [7, 11) is 3.38. The van der Waals surface area contributed by atoms with Gasteiger partial charge in [-0.2, -0.15) is 0 Å². The zero-order valence-electron chi connectivity index (χ0n) is 24.5. The Balaban J connectivity index is 1.11. The molecule has 212 valence electrons. The summed E-state index contributed by atoms with van der Waals surface area (Å²) in [4.78, 5) is 12.1. The molecular weight excluding hydrogens is 514 g/mol. The van der Waals surface area contributed by atoms with Gasteiger partial charge in [-0.1, -0.05) is 13.0 Å². The zero-order chi connectivity index (χ0) is 27.6. The SMILES string of the molecule is CCc1c(-c2ccc(OC)c(OC)c2)[nH]c2ccc(C3CCN(C4CCN(Cc5ccc(C)s5)CC4)CC3)cc12. The van der Waals surface area contributed by atoms with Crippen molar-refractivity contribution in [1.29, 1.82) is 0 Å². The summed E-state index contributed by atoms with van der Waals surface area (Å²) < 4.78 is 11.0. The summed E-state index contributed by atoms with van der Waals surface area (Å²) in [5.74, 6) is 2.16. The largest absolute Gasteiger partial charge is 0.493 e. The molecule has 0 saturated carbocycles. The highest BCUT2D eigenvalue weighted by molar-refractivity contribution is 7.11. The van der Waals surface area contributed by atoms with Crippen molar-refractivity contribution in [2.75, 3.05) is 40.4 Å². The molecule has 40 heavy (non-hydrogen) atoms. The molecule has 2 aliphatic rings. The quantitative estimate of drug-likeness (QED) is 0.242. The van der Waals surface area contributed by atoms with E-state index < -0.39 is 0 Å². The number of benzene rings is 2. The molecule has 5 nitrogen and oxygen atoms in total. The lowest BCUT2D eigenvalue weighted by molar-refractivity contribution is 0.0850. The molecule has 0 bridgehead atoms. The molecule has 2 aromatic carbocycles. The average molecular weight is 558 g/mol. The van der Waals surface area contributed by atoms with Gasteiger partial charge in [0.15, 0.2) is 11.5 Å². The third kappa shape index (κ3) is 5.54. The predicted octanol–water partition coefficient (Wildman–Crippen LogP) is 7.63. The molecule has 6 rings (SSSR count). The van der Waals surface area contributed by atoms with Gasteiger partial charge in [0.1, 0.15) is 0 Å². The molecule has 0 atom stereocenters. The van der Waals surface area contributed by atoms with Gasteiger partial charge in [0.05, 0.1) is 14.2 Å². The van der Waals surface area contributed by atoms with Crippen molar-refractivity contribution in [3.63, 3.8) is 0 Å². The molecule has 0 spiro atoms. The van der Waals surface area contributed by atoms with Crippen molar-refractivity contribution in [2.45, 2.75) is 64.5 Å². The van der Waals surface area contributed by atoms with E-state index in [0.29, 0.717) is 5.92 Å². The summed E-state index contributed by atoms with van der Waals surface area (Å²) >= 11 is 1.95. The number of thiophene rings is 1. The van der Waals surface area contributed by atoms with Crippen LogP contribution in [0.25, 0.3) is 22.2 Å². The van der Waals surface area contributed by atoms with Crippen LogP contribution in [0.4, 0.5) is 0 Å². The lowest BCUT2D eigenvalue weighted by Gasteiger charge is -2.42. The minimum absolute atomic E-state index is 0.645. The predicted molar refractivity (Wildman–Crippen MR) is 167 cm³/mol. The number of nitrogens with zero attached hydrogens (tertiary/aromatic N) is 2. The maximum Gasteiger partial charge on any atom is 0.161 e. The molecule has 2 aliphatic heterocycles. The maximum atomic E-state index is 5.58. The monoisotopic (exact) mass is 557 g/mol. The highest BCUT2D eigenvalue weighted by atomic mass is 32.1. The van der Waals surface area contributed by atoms with Gasteiger partial charge in [-0.15, -0.1) is 11.3 Å². The van der Waals surface area contributed by atoms with Crippen LogP contribution in [0.3, 0.4) is 0 Å². The lowest BCUT2D eigenvalue weighted by atomic mass is 9.87. The van der Waals surface area contributed by atoms with Crippen LogP contribution in [0.1, 0.15) is 59.4 Å². The van der Waals surface area contributed by atoms with Crippen LogP contribution < -0.4 is 9.47 Å². The van der Waals surface area contributed by atoms with Crippen LogP contribution in [0, 0.1) is 6.92 Å². The third-order valence-electron chi connectivity index (χ3n) is 9.21. The summed E-state index contributed by atoms with van der Waals surface area (Å²) in [5.41, 5.74) is 6.42. The Morgan fingerprint density at radius 1 is 0.875 bits per heavy atom. The smallest absolute Gasteiger partial charge is 0.161 e. The number of piperidine rings is 2. The molecule has 0 radical (unpaired) electrons. The standard InChI is InChI=1S/C34H43N3O2S/c1-5-29-30-20-25(7-10-31(30)35-34(29)26-8-11-32(38-3)33(21-26)39-4)24-12-18-37(19-13-24)27-14-16-36(17-15-27)22-28-9-6-23(2)40-28/h6-11,20-21,24,27,35H,5,12-19,22H2,1-4H3. The van der Waals surface area contributed by atoms with Crippen LogP contribution in [0.5, 0.6) is 11.5 Å². The maximum absolute atomic E-state index is 5.58. The number of ether oxygens (including phenoxy) is 2. The molecule has 0 aliphatic carbocycles.